The Kier molecular flexibility index (Phi) is 5.08. The number of rotatable bonds is 3. The molecule has 1 aromatic heterocycles. The van der Waals surface area contributed by atoms with Crippen molar-refractivity contribution in [2.24, 2.45) is 5.41 Å². The predicted molar refractivity (Wildman–Crippen MR) is 98.0 cm³/mol. The van der Waals surface area contributed by atoms with Crippen molar-refractivity contribution in [2.45, 2.75) is 26.9 Å². The molecule has 3 aromatic rings. The largest absolute Gasteiger partial charge is 0.383 e. The number of fused-ring (bicyclic) bond motifs is 1. The highest BCUT2D eigenvalue weighted by Crippen LogP contribution is 2.33. The van der Waals surface area contributed by atoms with Crippen LogP contribution in [0.3, 0.4) is 0 Å². The summed E-state index contributed by atoms with van der Waals surface area (Å²) in [6.07, 6.45) is 1.02. The summed E-state index contributed by atoms with van der Waals surface area (Å²) in [4.78, 5) is 20.0. The molecule has 0 bridgehead atoms. The van der Waals surface area contributed by atoms with Gasteiger partial charge in [0, 0.05) is 23.1 Å². The third-order valence-corrected chi connectivity index (χ3v) is 4.24. The molecule has 0 aliphatic carbocycles. The first-order valence-electron chi connectivity index (χ1n) is 8.46. The molecule has 5 nitrogen and oxygen atoms in total. The summed E-state index contributed by atoms with van der Waals surface area (Å²) < 4.78 is 43.3. The Bertz CT molecular complexity index is 1060. The molecule has 2 N–H and O–H groups in total. The number of carbonyl (C=O) groups excluding carboxylic acids is 1. The first-order valence-corrected chi connectivity index (χ1v) is 8.46. The van der Waals surface area contributed by atoms with Crippen molar-refractivity contribution in [3.63, 3.8) is 0 Å². The quantitative estimate of drug-likeness (QED) is 0.661. The van der Waals surface area contributed by atoms with Gasteiger partial charge in [-0.3, -0.25) is 4.79 Å². The second-order valence-electron chi connectivity index (χ2n) is 7.40. The molecule has 0 aliphatic heterocycles. The molecule has 0 spiro atoms. The smallest absolute Gasteiger partial charge is 0.229 e. The summed E-state index contributed by atoms with van der Waals surface area (Å²) in [6.45, 7) is 4.77. The van der Waals surface area contributed by atoms with E-state index < -0.39 is 46.1 Å². The maximum atomic E-state index is 14.9. The minimum Gasteiger partial charge on any atom is -0.383 e. The molecule has 0 saturated carbocycles. The normalized spacial score (nSPS) is 12.8. The van der Waals surface area contributed by atoms with Crippen LogP contribution < -0.4 is 5.32 Å². The van der Waals surface area contributed by atoms with Gasteiger partial charge in [-0.25, -0.2) is 23.1 Å². The molecule has 0 saturated heterocycles. The van der Waals surface area contributed by atoms with Crippen molar-refractivity contribution in [1.29, 1.82) is 0 Å². The van der Waals surface area contributed by atoms with Crippen molar-refractivity contribution in [3.05, 3.63) is 65.4 Å². The van der Waals surface area contributed by atoms with Crippen molar-refractivity contribution in [2.75, 3.05) is 5.32 Å². The second-order valence-corrected chi connectivity index (χ2v) is 7.40. The Morgan fingerprint density at radius 2 is 1.86 bits per heavy atom. The van der Waals surface area contributed by atoms with Crippen molar-refractivity contribution in [1.82, 2.24) is 9.97 Å². The lowest BCUT2D eigenvalue weighted by atomic mass is 9.95. The van der Waals surface area contributed by atoms with Crippen molar-refractivity contribution >= 4 is 22.5 Å². The SMILES string of the molecule is CC(C)(C)C(=O)Nc1cc(F)c(F)c(C(O)c2ccc3ncncc3c2)c1F. The number of nitrogens with zero attached hydrogens (tertiary/aromatic N) is 2. The van der Waals surface area contributed by atoms with E-state index in [1.54, 1.807) is 26.8 Å². The molecule has 1 unspecified atom stereocenters. The van der Waals surface area contributed by atoms with E-state index in [0.717, 1.165) is 0 Å². The van der Waals surface area contributed by atoms with Gasteiger partial charge >= 0.3 is 0 Å². The van der Waals surface area contributed by atoms with E-state index in [-0.39, 0.29) is 5.56 Å². The molecule has 146 valence electrons. The minimum atomic E-state index is -1.80. The molecule has 0 fully saturated rings. The molecular weight excluding hydrogens is 371 g/mol. The second kappa shape index (κ2) is 7.20. The lowest BCUT2D eigenvalue weighted by Gasteiger charge is -2.20. The highest BCUT2D eigenvalue weighted by atomic mass is 19.2. The Morgan fingerprint density at radius 3 is 2.54 bits per heavy atom. The van der Waals surface area contributed by atoms with Crippen LogP contribution in [0.1, 0.15) is 38.0 Å². The molecule has 3 rings (SSSR count). The van der Waals surface area contributed by atoms with E-state index in [0.29, 0.717) is 17.0 Å². The van der Waals surface area contributed by atoms with E-state index in [2.05, 4.69) is 15.3 Å². The number of carbonyl (C=O) groups is 1. The topological polar surface area (TPSA) is 75.1 Å². The molecule has 1 amide bonds. The van der Waals surface area contributed by atoms with Crippen LogP contribution in [-0.4, -0.2) is 21.0 Å². The summed E-state index contributed by atoms with van der Waals surface area (Å²) in [5, 5.41) is 13.3. The fraction of sp³-hybridized carbons (Fsp3) is 0.250. The van der Waals surface area contributed by atoms with Gasteiger partial charge in [0.1, 0.15) is 12.4 Å². The monoisotopic (exact) mass is 389 g/mol. The van der Waals surface area contributed by atoms with Gasteiger partial charge in [-0.2, -0.15) is 0 Å². The number of benzene rings is 2. The van der Waals surface area contributed by atoms with E-state index in [1.165, 1.54) is 24.7 Å². The Labute approximate surface area is 159 Å². The van der Waals surface area contributed by atoms with Crippen LogP contribution in [0.25, 0.3) is 10.9 Å². The number of aliphatic hydroxyl groups is 1. The number of aliphatic hydroxyl groups excluding tert-OH is 1. The van der Waals surface area contributed by atoms with Gasteiger partial charge in [-0.15, -0.1) is 0 Å². The number of nitrogens with one attached hydrogen (secondary N) is 1. The number of hydrogen-bond donors (Lipinski definition) is 2. The molecule has 1 atom stereocenters. The number of halogens is 3. The number of aromatic nitrogens is 2. The predicted octanol–water partition coefficient (Wildman–Crippen LogP) is 4.11. The zero-order valence-electron chi connectivity index (χ0n) is 15.4. The molecule has 28 heavy (non-hydrogen) atoms. The first kappa shape index (κ1) is 19.8. The molecule has 0 aliphatic rings. The fourth-order valence-corrected chi connectivity index (χ4v) is 2.60. The average molecular weight is 389 g/mol. The number of anilines is 1. The van der Waals surface area contributed by atoms with Gasteiger partial charge < -0.3 is 10.4 Å². The summed E-state index contributed by atoms with van der Waals surface area (Å²) in [5.74, 6) is -4.74. The van der Waals surface area contributed by atoms with E-state index >= 15 is 0 Å². The zero-order valence-corrected chi connectivity index (χ0v) is 15.4. The van der Waals surface area contributed by atoms with E-state index in [4.69, 9.17) is 0 Å². The third kappa shape index (κ3) is 3.68. The highest BCUT2D eigenvalue weighted by Gasteiger charge is 2.28. The highest BCUT2D eigenvalue weighted by molar-refractivity contribution is 5.94. The molecule has 1 heterocycles. The Balaban J connectivity index is 2.07. The van der Waals surface area contributed by atoms with Gasteiger partial charge in [0.25, 0.3) is 0 Å². The van der Waals surface area contributed by atoms with Crippen molar-refractivity contribution in [3.8, 4) is 0 Å². The zero-order chi connectivity index (χ0) is 20.6. The van der Waals surface area contributed by atoms with Crippen LogP contribution >= 0.6 is 0 Å². The molecule has 8 heteroatoms. The maximum Gasteiger partial charge on any atom is 0.229 e. The van der Waals surface area contributed by atoms with Crippen LogP contribution in [0.2, 0.25) is 0 Å². The lowest BCUT2D eigenvalue weighted by Crippen LogP contribution is -2.28. The molecular formula is C20H18F3N3O2. The van der Waals surface area contributed by atoms with Gasteiger partial charge in [0.15, 0.2) is 17.5 Å². The van der Waals surface area contributed by atoms with E-state index in [9.17, 15) is 23.1 Å². The average Bonchev–Trinajstić information content (AvgIpc) is 2.64. The number of hydrogen-bond acceptors (Lipinski definition) is 4. The standard InChI is InChI=1S/C20H18F3N3O2/c1-20(2,3)19(28)26-14-7-12(21)16(22)15(17(14)23)18(27)10-4-5-13-11(6-10)8-24-9-25-13/h4-9,18,27H,1-3H3,(H,26,28). The summed E-state index contributed by atoms with van der Waals surface area (Å²) in [7, 11) is 0. The van der Waals surface area contributed by atoms with E-state index in [1.807, 2.05) is 0 Å². The third-order valence-electron chi connectivity index (χ3n) is 4.24. The van der Waals surface area contributed by atoms with Crippen molar-refractivity contribution < 1.29 is 23.1 Å². The lowest BCUT2D eigenvalue weighted by molar-refractivity contribution is -0.123. The Morgan fingerprint density at radius 1 is 1.14 bits per heavy atom. The molecule has 0 radical (unpaired) electrons. The maximum absolute atomic E-state index is 14.9. The van der Waals surface area contributed by atoms with Crippen LogP contribution in [0, 0.1) is 22.9 Å². The van der Waals surface area contributed by atoms with Crippen LogP contribution in [0.5, 0.6) is 0 Å². The van der Waals surface area contributed by atoms with Gasteiger partial charge in [-0.1, -0.05) is 26.8 Å². The van der Waals surface area contributed by atoms with Gasteiger partial charge in [0.2, 0.25) is 5.91 Å². The fourth-order valence-electron chi connectivity index (χ4n) is 2.60. The summed E-state index contributed by atoms with van der Waals surface area (Å²) in [6, 6.07) is 4.99. The minimum absolute atomic E-state index is 0.124. The number of amides is 1. The van der Waals surface area contributed by atoms with Crippen LogP contribution in [0.4, 0.5) is 18.9 Å². The first-order chi connectivity index (χ1) is 13.1. The van der Waals surface area contributed by atoms with Gasteiger partial charge in [0.05, 0.1) is 16.8 Å². The summed E-state index contributed by atoms with van der Waals surface area (Å²) >= 11 is 0. The Hall–Kier alpha value is -3.00. The molecule has 2 aromatic carbocycles. The van der Waals surface area contributed by atoms with Crippen LogP contribution in [0.15, 0.2) is 36.8 Å². The van der Waals surface area contributed by atoms with Gasteiger partial charge in [-0.05, 0) is 17.7 Å². The summed E-state index contributed by atoms with van der Waals surface area (Å²) in [5.41, 5.74) is -1.62. The van der Waals surface area contributed by atoms with Crippen LogP contribution in [-0.2, 0) is 4.79 Å².